The largest absolute Gasteiger partial charge is 0.207 e. The van der Waals surface area contributed by atoms with Crippen LogP contribution >= 0.6 is 43.6 Å². The van der Waals surface area contributed by atoms with Crippen molar-refractivity contribution in [1.82, 2.24) is 0 Å². The molecular weight excluding hydrogens is 367 g/mol. The molecule has 17 heavy (non-hydrogen) atoms. The second kappa shape index (κ2) is 6.03. The van der Waals surface area contributed by atoms with E-state index in [1.165, 1.54) is 17.0 Å². The molecule has 0 saturated carbocycles. The van der Waals surface area contributed by atoms with Crippen molar-refractivity contribution in [2.75, 3.05) is 0 Å². The van der Waals surface area contributed by atoms with Gasteiger partial charge in [-0.15, -0.1) is 11.8 Å². The molecule has 4 heteroatoms. The highest BCUT2D eigenvalue weighted by atomic mass is 79.9. The molecule has 88 valence electrons. The summed E-state index contributed by atoms with van der Waals surface area (Å²) in [6.07, 6.45) is 0. The SMILES string of the molecule is Fc1ccc(CSc2cc(Br)cc(Br)c2)cc1. The van der Waals surface area contributed by atoms with Gasteiger partial charge in [0.25, 0.3) is 0 Å². The average Bonchev–Trinajstić information content (AvgIpc) is 2.27. The van der Waals surface area contributed by atoms with Gasteiger partial charge >= 0.3 is 0 Å². The first-order valence-electron chi connectivity index (χ1n) is 4.97. The van der Waals surface area contributed by atoms with Crippen molar-refractivity contribution >= 4 is 43.6 Å². The maximum atomic E-state index is 12.7. The molecule has 0 aromatic heterocycles. The Bertz CT molecular complexity index is 491. The second-order valence-electron chi connectivity index (χ2n) is 3.52. The molecule has 0 aliphatic heterocycles. The van der Waals surface area contributed by atoms with E-state index < -0.39 is 0 Å². The van der Waals surface area contributed by atoms with Gasteiger partial charge in [0.2, 0.25) is 0 Å². The van der Waals surface area contributed by atoms with Crippen LogP contribution in [0.25, 0.3) is 0 Å². The Balaban J connectivity index is 2.04. The maximum Gasteiger partial charge on any atom is 0.123 e. The van der Waals surface area contributed by atoms with Crippen LogP contribution in [-0.4, -0.2) is 0 Å². The first-order chi connectivity index (χ1) is 8.13. The summed E-state index contributed by atoms with van der Waals surface area (Å²) in [4.78, 5) is 1.18. The molecule has 0 aliphatic carbocycles. The minimum Gasteiger partial charge on any atom is -0.207 e. The van der Waals surface area contributed by atoms with Gasteiger partial charge in [0.05, 0.1) is 0 Å². The van der Waals surface area contributed by atoms with E-state index >= 15 is 0 Å². The van der Waals surface area contributed by atoms with Crippen LogP contribution in [0.2, 0.25) is 0 Å². The number of hydrogen-bond donors (Lipinski definition) is 0. The minimum absolute atomic E-state index is 0.191. The Kier molecular flexibility index (Phi) is 4.65. The van der Waals surface area contributed by atoms with Crippen LogP contribution in [0.3, 0.4) is 0 Å². The molecule has 2 aromatic rings. The lowest BCUT2D eigenvalue weighted by atomic mass is 10.2. The molecule has 0 heterocycles. The Morgan fingerprint density at radius 1 is 0.941 bits per heavy atom. The van der Waals surface area contributed by atoms with Crippen LogP contribution in [0.4, 0.5) is 4.39 Å². The molecule has 0 saturated heterocycles. The first kappa shape index (κ1) is 13.1. The highest BCUT2D eigenvalue weighted by molar-refractivity contribution is 9.11. The normalized spacial score (nSPS) is 10.5. The Morgan fingerprint density at radius 3 is 2.12 bits per heavy atom. The van der Waals surface area contributed by atoms with Crippen LogP contribution in [0.5, 0.6) is 0 Å². The molecule has 0 unspecified atom stereocenters. The van der Waals surface area contributed by atoms with E-state index in [0.717, 1.165) is 20.3 Å². The van der Waals surface area contributed by atoms with Crippen molar-refractivity contribution in [3.8, 4) is 0 Å². The van der Waals surface area contributed by atoms with Gasteiger partial charge in [0.1, 0.15) is 5.82 Å². The molecule has 2 rings (SSSR count). The highest BCUT2D eigenvalue weighted by Crippen LogP contribution is 2.29. The lowest BCUT2D eigenvalue weighted by molar-refractivity contribution is 0.627. The average molecular weight is 376 g/mol. The Labute approximate surface area is 121 Å². The van der Waals surface area contributed by atoms with E-state index in [1.807, 2.05) is 18.2 Å². The van der Waals surface area contributed by atoms with E-state index in [-0.39, 0.29) is 5.82 Å². The van der Waals surface area contributed by atoms with Crippen LogP contribution < -0.4 is 0 Å². The lowest BCUT2D eigenvalue weighted by Gasteiger charge is -2.04. The van der Waals surface area contributed by atoms with Gasteiger partial charge in [-0.05, 0) is 35.9 Å². The predicted molar refractivity (Wildman–Crippen MR) is 77.8 cm³/mol. The zero-order chi connectivity index (χ0) is 12.3. The fraction of sp³-hybridized carbons (Fsp3) is 0.0769. The fourth-order valence-electron chi connectivity index (χ4n) is 1.36. The summed E-state index contributed by atoms with van der Waals surface area (Å²) in [5.41, 5.74) is 1.12. The summed E-state index contributed by atoms with van der Waals surface area (Å²) < 4.78 is 14.8. The van der Waals surface area contributed by atoms with Gasteiger partial charge in [0.15, 0.2) is 0 Å². The Hall–Kier alpha value is -0.320. The molecule has 2 aromatic carbocycles. The zero-order valence-corrected chi connectivity index (χ0v) is 12.8. The number of hydrogen-bond acceptors (Lipinski definition) is 1. The number of benzene rings is 2. The van der Waals surface area contributed by atoms with Gasteiger partial charge in [-0.25, -0.2) is 4.39 Å². The molecule has 0 fully saturated rings. The van der Waals surface area contributed by atoms with Crippen molar-refractivity contribution in [1.29, 1.82) is 0 Å². The van der Waals surface area contributed by atoms with Crippen LogP contribution in [0.1, 0.15) is 5.56 Å². The van der Waals surface area contributed by atoms with E-state index in [2.05, 4.69) is 44.0 Å². The summed E-state index contributed by atoms with van der Waals surface area (Å²) in [5.74, 6) is 0.646. The summed E-state index contributed by atoms with van der Waals surface area (Å²) in [5, 5.41) is 0. The minimum atomic E-state index is -0.191. The molecule has 0 nitrogen and oxygen atoms in total. The molecule has 0 spiro atoms. The van der Waals surface area contributed by atoms with Crippen molar-refractivity contribution in [2.24, 2.45) is 0 Å². The van der Waals surface area contributed by atoms with Gasteiger partial charge in [-0.1, -0.05) is 44.0 Å². The molecule has 0 N–H and O–H groups in total. The third-order valence-electron chi connectivity index (χ3n) is 2.15. The smallest absolute Gasteiger partial charge is 0.123 e. The van der Waals surface area contributed by atoms with Crippen LogP contribution in [0, 0.1) is 5.82 Å². The molecule has 0 bridgehead atoms. The zero-order valence-electron chi connectivity index (χ0n) is 8.79. The third kappa shape index (κ3) is 4.12. The molecule has 0 radical (unpaired) electrons. The molecular formula is C13H9Br2FS. The van der Waals surface area contributed by atoms with Crippen molar-refractivity contribution in [3.63, 3.8) is 0 Å². The van der Waals surface area contributed by atoms with Crippen molar-refractivity contribution < 1.29 is 4.39 Å². The quantitative estimate of drug-likeness (QED) is 0.625. The first-order valence-corrected chi connectivity index (χ1v) is 7.54. The maximum absolute atomic E-state index is 12.7. The van der Waals surface area contributed by atoms with E-state index in [4.69, 9.17) is 0 Å². The lowest BCUT2D eigenvalue weighted by Crippen LogP contribution is -1.82. The molecule has 0 aliphatic rings. The summed E-state index contributed by atoms with van der Waals surface area (Å²) in [6, 6.07) is 12.8. The topological polar surface area (TPSA) is 0 Å². The standard InChI is InChI=1S/C13H9Br2FS/c14-10-5-11(15)7-13(6-10)17-8-9-1-3-12(16)4-2-9/h1-7H,8H2. The van der Waals surface area contributed by atoms with E-state index in [9.17, 15) is 4.39 Å². The monoisotopic (exact) mass is 374 g/mol. The number of thioether (sulfide) groups is 1. The number of rotatable bonds is 3. The van der Waals surface area contributed by atoms with Gasteiger partial charge in [0, 0.05) is 19.6 Å². The van der Waals surface area contributed by atoms with Gasteiger partial charge in [-0.2, -0.15) is 0 Å². The van der Waals surface area contributed by atoms with E-state index in [0.29, 0.717) is 0 Å². The number of halogens is 3. The second-order valence-corrected chi connectivity index (χ2v) is 6.40. The van der Waals surface area contributed by atoms with Crippen LogP contribution in [-0.2, 0) is 5.75 Å². The fourth-order valence-corrected chi connectivity index (χ4v) is 3.90. The highest BCUT2D eigenvalue weighted by Gasteiger charge is 2.00. The summed E-state index contributed by atoms with van der Waals surface area (Å²) in [6.45, 7) is 0. The van der Waals surface area contributed by atoms with Crippen molar-refractivity contribution in [3.05, 3.63) is 62.8 Å². The Morgan fingerprint density at radius 2 is 1.53 bits per heavy atom. The summed E-state index contributed by atoms with van der Waals surface area (Å²) >= 11 is 8.64. The van der Waals surface area contributed by atoms with Gasteiger partial charge < -0.3 is 0 Å². The predicted octanol–water partition coefficient (Wildman–Crippen LogP) is 5.64. The molecule has 0 atom stereocenters. The molecule has 0 amide bonds. The third-order valence-corrected chi connectivity index (χ3v) is 4.12. The van der Waals surface area contributed by atoms with Gasteiger partial charge in [-0.3, -0.25) is 0 Å². The van der Waals surface area contributed by atoms with E-state index in [1.54, 1.807) is 11.8 Å². The summed E-state index contributed by atoms with van der Waals surface area (Å²) in [7, 11) is 0. The van der Waals surface area contributed by atoms with Crippen molar-refractivity contribution in [2.45, 2.75) is 10.6 Å². The van der Waals surface area contributed by atoms with Crippen LogP contribution in [0.15, 0.2) is 56.3 Å².